The first-order chi connectivity index (χ1) is 15.9. The Morgan fingerprint density at radius 3 is 2.21 bits per heavy atom. The fourth-order valence-electron chi connectivity index (χ4n) is 2.82. The molecule has 2 aromatic rings. The molecule has 1 aromatic carbocycles. The molecule has 0 fully saturated rings. The Hall–Kier alpha value is -3.72. The maximum Gasteiger partial charge on any atom is 0.453 e. The highest BCUT2D eigenvalue weighted by molar-refractivity contribution is 5.74. The molecule has 2 rings (SSSR count). The van der Waals surface area contributed by atoms with Crippen molar-refractivity contribution in [3.8, 4) is 5.75 Å². The number of benzene rings is 1. The van der Waals surface area contributed by atoms with Gasteiger partial charge in [-0.2, -0.15) is 0 Å². The molecule has 34 heavy (non-hydrogen) atoms. The van der Waals surface area contributed by atoms with Crippen molar-refractivity contribution in [3.05, 3.63) is 88.7 Å². The normalized spacial score (nSPS) is 12.4. The summed E-state index contributed by atoms with van der Waals surface area (Å²) in [4.78, 5) is 16.6. The van der Waals surface area contributed by atoms with E-state index in [1.807, 2.05) is 64.2 Å². The zero-order valence-corrected chi connectivity index (χ0v) is 20.2. The first-order valence-electron chi connectivity index (χ1n) is 10.4. The molecule has 0 aliphatic rings. The lowest BCUT2D eigenvalue weighted by atomic mass is 10.1. The number of anilines is 1. The second kappa shape index (κ2) is 13.1. The number of nitrogens with zero attached hydrogens (tertiary/aromatic N) is 2. The molecule has 0 radical (unpaired) electrons. The van der Waals surface area contributed by atoms with E-state index in [1.165, 1.54) is 24.3 Å². The van der Waals surface area contributed by atoms with Gasteiger partial charge in [-0.15, -0.1) is 0 Å². The number of carbonyl (C=O) groups excluding carboxylic acids is 1. The van der Waals surface area contributed by atoms with Gasteiger partial charge >= 0.3 is 6.16 Å². The van der Waals surface area contributed by atoms with Crippen LogP contribution >= 0.6 is 0 Å². The van der Waals surface area contributed by atoms with Gasteiger partial charge in [0.05, 0.1) is 0 Å². The Morgan fingerprint density at radius 1 is 1.15 bits per heavy atom. The summed E-state index contributed by atoms with van der Waals surface area (Å²) in [6.07, 6.45) is 5.47. The highest BCUT2D eigenvalue weighted by Crippen LogP contribution is 2.17. The van der Waals surface area contributed by atoms with Crippen molar-refractivity contribution < 1.29 is 24.9 Å². The minimum absolute atomic E-state index is 0.0399. The quantitative estimate of drug-likeness (QED) is 0.265. The third kappa shape index (κ3) is 9.03. The molecule has 0 spiro atoms. The summed E-state index contributed by atoms with van der Waals surface area (Å²) in [6.45, 7) is 14.2. The van der Waals surface area contributed by atoms with Crippen LogP contribution in [-0.4, -0.2) is 51.7 Å². The number of pyridine rings is 1. The highest BCUT2D eigenvalue weighted by Gasteiger charge is 2.20. The van der Waals surface area contributed by atoms with Crippen LogP contribution in [0.4, 0.5) is 5.82 Å². The standard InChI is InChI=1S/C18H25N3.C8H8O5/c1-8-15-12-20-18(19-6)11-16(15)10-14(5)17(9-2)21(7)13(3)4;9-5-6-1-3-7(4-2-6)13-8(10,11)12/h8-12,19H,3,5H2,1-2,4,6-7H3;1-5,10-12H/b15-8-,16-10-,17-9-;. The van der Waals surface area contributed by atoms with Gasteiger partial charge in [0.1, 0.15) is 17.9 Å². The number of allylic oxidation sites excluding steroid dienone is 3. The van der Waals surface area contributed by atoms with Gasteiger partial charge in [0.15, 0.2) is 0 Å². The number of aromatic nitrogens is 1. The predicted molar refractivity (Wildman–Crippen MR) is 135 cm³/mol. The Morgan fingerprint density at radius 2 is 1.76 bits per heavy atom. The molecule has 0 unspecified atom stereocenters. The smallest absolute Gasteiger partial charge is 0.417 e. The monoisotopic (exact) mass is 467 g/mol. The fraction of sp³-hybridized carbons (Fsp3) is 0.231. The number of ether oxygens (including phenoxy) is 1. The summed E-state index contributed by atoms with van der Waals surface area (Å²) in [5.74, 6) is 0.882. The predicted octanol–water partition coefficient (Wildman–Crippen LogP) is 2.10. The largest absolute Gasteiger partial charge is 0.453 e. The number of nitrogens with one attached hydrogen (secondary N) is 1. The third-order valence-corrected chi connectivity index (χ3v) is 4.67. The van der Waals surface area contributed by atoms with Crippen molar-refractivity contribution in [2.75, 3.05) is 19.4 Å². The van der Waals surface area contributed by atoms with E-state index in [9.17, 15) is 4.79 Å². The molecule has 0 saturated carbocycles. The van der Waals surface area contributed by atoms with Gasteiger partial charge in [0, 0.05) is 37.2 Å². The van der Waals surface area contributed by atoms with Crippen LogP contribution in [-0.2, 0) is 0 Å². The van der Waals surface area contributed by atoms with Crippen molar-refractivity contribution in [2.24, 2.45) is 0 Å². The van der Waals surface area contributed by atoms with Crippen molar-refractivity contribution in [1.29, 1.82) is 0 Å². The van der Waals surface area contributed by atoms with Crippen LogP contribution in [0.3, 0.4) is 0 Å². The number of aliphatic hydroxyl groups is 3. The number of hydrogen-bond donors (Lipinski definition) is 4. The van der Waals surface area contributed by atoms with Crippen molar-refractivity contribution >= 4 is 24.3 Å². The molecule has 182 valence electrons. The van der Waals surface area contributed by atoms with Crippen LogP contribution in [0.1, 0.15) is 31.1 Å². The van der Waals surface area contributed by atoms with Gasteiger partial charge in [-0.05, 0) is 73.2 Å². The van der Waals surface area contributed by atoms with Crippen molar-refractivity contribution in [1.82, 2.24) is 9.88 Å². The van der Waals surface area contributed by atoms with Crippen LogP contribution < -0.4 is 20.5 Å². The van der Waals surface area contributed by atoms with Crippen molar-refractivity contribution in [2.45, 2.75) is 26.9 Å². The second-order valence-corrected chi connectivity index (χ2v) is 7.24. The lowest BCUT2D eigenvalue weighted by Crippen LogP contribution is -2.34. The number of rotatable bonds is 8. The van der Waals surface area contributed by atoms with E-state index in [1.54, 1.807) is 0 Å². The molecular weight excluding hydrogens is 434 g/mol. The summed E-state index contributed by atoms with van der Waals surface area (Å²) < 4.78 is 4.25. The summed E-state index contributed by atoms with van der Waals surface area (Å²) in [5, 5.41) is 30.5. The molecule has 0 amide bonds. The van der Waals surface area contributed by atoms with E-state index in [-0.39, 0.29) is 5.75 Å². The van der Waals surface area contributed by atoms with Gasteiger partial charge < -0.3 is 30.3 Å². The van der Waals surface area contributed by atoms with Crippen molar-refractivity contribution in [3.63, 3.8) is 0 Å². The summed E-state index contributed by atoms with van der Waals surface area (Å²) >= 11 is 0. The van der Waals surface area contributed by atoms with Crippen LogP contribution in [0, 0.1) is 0 Å². The molecule has 0 bridgehead atoms. The number of hydrogen-bond acceptors (Lipinski definition) is 8. The maximum atomic E-state index is 10.2. The van der Waals surface area contributed by atoms with Gasteiger partial charge in [0.2, 0.25) is 0 Å². The Labute approximate surface area is 200 Å². The Kier molecular flexibility index (Phi) is 10.9. The Balaban J connectivity index is 0.000000380. The summed E-state index contributed by atoms with van der Waals surface area (Å²) in [7, 11) is 3.86. The summed E-state index contributed by atoms with van der Waals surface area (Å²) in [6, 6.07) is 7.49. The zero-order chi connectivity index (χ0) is 25.9. The molecule has 0 saturated heterocycles. The minimum Gasteiger partial charge on any atom is -0.417 e. The van der Waals surface area contributed by atoms with E-state index < -0.39 is 6.16 Å². The molecule has 0 aliphatic heterocycles. The minimum atomic E-state index is -3.19. The second-order valence-electron chi connectivity index (χ2n) is 7.24. The summed E-state index contributed by atoms with van der Waals surface area (Å²) in [5.41, 5.74) is 3.39. The van der Waals surface area contributed by atoms with E-state index >= 15 is 0 Å². The van der Waals surface area contributed by atoms with Gasteiger partial charge in [0.25, 0.3) is 0 Å². The van der Waals surface area contributed by atoms with Gasteiger partial charge in [-0.1, -0.05) is 25.3 Å². The lowest BCUT2D eigenvalue weighted by Gasteiger charge is -2.22. The fourth-order valence-corrected chi connectivity index (χ4v) is 2.82. The van der Waals surface area contributed by atoms with Crippen LogP contribution in [0.25, 0.3) is 12.2 Å². The third-order valence-electron chi connectivity index (χ3n) is 4.67. The molecule has 1 heterocycles. The molecule has 8 heteroatoms. The van der Waals surface area contributed by atoms with Gasteiger partial charge in [-0.3, -0.25) is 4.79 Å². The number of likely N-dealkylation sites (N-methyl/N-ethyl adjacent to an activating group) is 1. The van der Waals surface area contributed by atoms with Crippen LogP contribution in [0.5, 0.6) is 5.75 Å². The first kappa shape index (κ1) is 28.3. The first-order valence-corrected chi connectivity index (χ1v) is 10.4. The molecular formula is C26H33N3O5. The van der Waals surface area contributed by atoms with Gasteiger partial charge in [-0.25, -0.2) is 4.98 Å². The zero-order valence-electron chi connectivity index (χ0n) is 20.2. The lowest BCUT2D eigenvalue weighted by molar-refractivity contribution is -0.419. The SMILES string of the molecule is C=C(/C=c1/cc(NC)nc/c1=C/C)/C(=C/C)N(C)C(=C)C.O=Cc1ccc(OC(O)(O)O)cc1. The van der Waals surface area contributed by atoms with Crippen LogP contribution in [0.2, 0.25) is 0 Å². The molecule has 0 atom stereocenters. The van der Waals surface area contributed by atoms with Crippen LogP contribution in [0.15, 0.2) is 72.7 Å². The molecule has 0 aliphatic carbocycles. The maximum absolute atomic E-state index is 10.2. The highest BCUT2D eigenvalue weighted by atomic mass is 16.9. The average Bonchev–Trinajstić information content (AvgIpc) is 2.79. The molecule has 1 aromatic heterocycles. The van der Waals surface area contributed by atoms with E-state index in [0.29, 0.717) is 11.8 Å². The van der Waals surface area contributed by atoms with E-state index in [2.05, 4.69) is 34.3 Å². The van der Waals surface area contributed by atoms with E-state index in [4.69, 9.17) is 15.3 Å². The average molecular weight is 468 g/mol. The number of aldehydes is 1. The Bertz CT molecular complexity index is 1150. The number of carbonyl (C=O) groups is 1. The molecule has 4 N–H and O–H groups in total. The van der Waals surface area contributed by atoms with E-state index in [0.717, 1.165) is 33.2 Å². The topological polar surface area (TPSA) is 115 Å². The molecule has 8 nitrogen and oxygen atoms in total.